The summed E-state index contributed by atoms with van der Waals surface area (Å²) in [4.78, 5) is 52.9. The minimum absolute atomic E-state index is 0.0341. The molecule has 0 saturated carbocycles. The highest BCUT2D eigenvalue weighted by atomic mass is 16.5. The monoisotopic (exact) mass is 411 g/mol. The van der Waals surface area contributed by atoms with E-state index in [1.807, 2.05) is 0 Å². The predicted molar refractivity (Wildman–Crippen MR) is 104 cm³/mol. The van der Waals surface area contributed by atoms with Crippen molar-refractivity contribution in [2.75, 3.05) is 18.1 Å². The lowest BCUT2D eigenvalue weighted by Crippen LogP contribution is -2.52. The Labute approximate surface area is 172 Å². The number of primary amides is 1. The zero-order valence-corrected chi connectivity index (χ0v) is 16.4. The molecule has 0 saturated heterocycles. The molecule has 2 amide bonds. The third-order valence-electron chi connectivity index (χ3n) is 5.55. The van der Waals surface area contributed by atoms with Crippen LogP contribution in [0.3, 0.4) is 0 Å². The summed E-state index contributed by atoms with van der Waals surface area (Å²) in [5.74, 6) is -2.58. The maximum atomic E-state index is 13.9. The Morgan fingerprint density at radius 2 is 1.97 bits per heavy atom. The number of hydrogen-bond donors (Lipinski definition) is 2. The molecule has 9 heteroatoms. The van der Waals surface area contributed by atoms with Gasteiger partial charge in [-0.15, -0.1) is 0 Å². The summed E-state index contributed by atoms with van der Waals surface area (Å²) in [5.41, 5.74) is 10.2. The highest BCUT2D eigenvalue weighted by molar-refractivity contribution is 6.24. The molecule has 4 rings (SSSR count). The van der Waals surface area contributed by atoms with Crippen molar-refractivity contribution in [3.8, 4) is 0 Å². The van der Waals surface area contributed by atoms with Crippen molar-refractivity contribution in [3.05, 3.63) is 52.6 Å². The number of rotatable bonds is 4. The number of ether oxygens (including phenoxy) is 2. The molecule has 1 aliphatic carbocycles. The highest BCUT2D eigenvalue weighted by Crippen LogP contribution is 2.55. The van der Waals surface area contributed by atoms with Gasteiger partial charge in [0.05, 0.1) is 12.2 Å². The molecule has 2 aliphatic heterocycles. The molecule has 1 aromatic rings. The van der Waals surface area contributed by atoms with Crippen LogP contribution in [0.1, 0.15) is 31.7 Å². The Kier molecular flexibility index (Phi) is 4.60. The van der Waals surface area contributed by atoms with E-state index in [0.717, 1.165) is 0 Å². The number of anilines is 1. The second-order valence-corrected chi connectivity index (χ2v) is 7.26. The van der Waals surface area contributed by atoms with Crippen molar-refractivity contribution >= 4 is 29.3 Å². The molecular weight excluding hydrogens is 390 g/mol. The van der Waals surface area contributed by atoms with E-state index in [-0.39, 0.29) is 41.6 Å². The number of amides is 2. The van der Waals surface area contributed by atoms with E-state index in [1.165, 1.54) is 4.90 Å². The van der Waals surface area contributed by atoms with Crippen LogP contribution in [0.2, 0.25) is 0 Å². The van der Waals surface area contributed by atoms with Crippen LogP contribution in [0.15, 0.2) is 47.1 Å². The normalized spacial score (nSPS) is 22.8. The summed E-state index contributed by atoms with van der Waals surface area (Å²) in [6.45, 7) is 1.24. The Hall–Kier alpha value is -3.62. The Morgan fingerprint density at radius 1 is 1.23 bits per heavy atom. The number of benzene rings is 1. The SMILES string of the molecule is CCOC(=O)C1=C(N)OC2=C(C(=O)CCC2)[C@@]12C(=O)N(CC(N)=O)c1ccccc12. The first-order chi connectivity index (χ1) is 14.3. The summed E-state index contributed by atoms with van der Waals surface area (Å²) in [5, 5.41) is 0. The third kappa shape index (κ3) is 2.54. The minimum atomic E-state index is -1.84. The van der Waals surface area contributed by atoms with E-state index in [9.17, 15) is 19.2 Å². The number of carbonyl (C=O) groups excluding carboxylic acids is 4. The standard InChI is InChI=1S/C21H21N3O6/c1-2-29-19(27)17-18(23)30-14-9-5-8-13(25)16(14)21(17)11-6-3-4-7-12(11)24(20(21)28)10-15(22)26/h3-4,6-7H,2,5,8-10,23H2,1H3,(H2,22,26)/t21-/m1/s1. The van der Waals surface area contributed by atoms with Gasteiger partial charge in [-0.05, 0) is 19.4 Å². The van der Waals surface area contributed by atoms with Crippen LogP contribution in [0.25, 0.3) is 0 Å². The number of para-hydroxylation sites is 1. The maximum absolute atomic E-state index is 13.9. The summed E-state index contributed by atoms with van der Waals surface area (Å²) in [6, 6.07) is 6.64. The lowest BCUT2D eigenvalue weighted by Gasteiger charge is -2.38. The molecule has 9 nitrogen and oxygen atoms in total. The summed E-state index contributed by atoms with van der Waals surface area (Å²) >= 11 is 0. The minimum Gasteiger partial charge on any atom is -0.462 e. The van der Waals surface area contributed by atoms with Gasteiger partial charge in [0.15, 0.2) is 5.78 Å². The van der Waals surface area contributed by atoms with Gasteiger partial charge in [0.25, 0.3) is 0 Å². The number of nitrogens with two attached hydrogens (primary N) is 2. The van der Waals surface area contributed by atoms with Crippen molar-refractivity contribution in [3.63, 3.8) is 0 Å². The Balaban J connectivity index is 2.08. The fourth-order valence-corrected chi connectivity index (χ4v) is 4.54. The molecule has 0 fully saturated rings. The third-order valence-corrected chi connectivity index (χ3v) is 5.55. The molecule has 2 heterocycles. The summed E-state index contributed by atoms with van der Waals surface area (Å²) < 4.78 is 10.8. The molecule has 1 spiro atoms. The number of nitrogens with zero attached hydrogens (tertiary/aromatic N) is 1. The summed E-state index contributed by atoms with van der Waals surface area (Å²) in [6.07, 6.45) is 1.13. The molecule has 30 heavy (non-hydrogen) atoms. The predicted octanol–water partition coefficient (Wildman–Crippen LogP) is 0.527. The first-order valence-corrected chi connectivity index (χ1v) is 9.65. The van der Waals surface area contributed by atoms with Crippen molar-refractivity contribution in [1.29, 1.82) is 0 Å². The highest BCUT2D eigenvalue weighted by Gasteiger charge is 2.63. The zero-order valence-electron chi connectivity index (χ0n) is 16.4. The van der Waals surface area contributed by atoms with Gasteiger partial charge in [-0.2, -0.15) is 0 Å². The van der Waals surface area contributed by atoms with Crippen LogP contribution >= 0.6 is 0 Å². The topological polar surface area (TPSA) is 142 Å². The van der Waals surface area contributed by atoms with Gasteiger partial charge in [0.1, 0.15) is 23.3 Å². The van der Waals surface area contributed by atoms with E-state index < -0.39 is 29.7 Å². The molecule has 0 unspecified atom stereocenters. The fraction of sp³-hybridized carbons (Fsp3) is 0.333. The van der Waals surface area contributed by atoms with E-state index >= 15 is 0 Å². The number of esters is 1. The Morgan fingerprint density at radius 3 is 2.67 bits per heavy atom. The molecule has 3 aliphatic rings. The second-order valence-electron chi connectivity index (χ2n) is 7.26. The number of hydrogen-bond acceptors (Lipinski definition) is 7. The van der Waals surface area contributed by atoms with Gasteiger partial charge in [-0.25, -0.2) is 4.79 Å². The Bertz CT molecular complexity index is 1060. The molecule has 1 atom stereocenters. The molecule has 156 valence electrons. The number of allylic oxidation sites excluding steroid dienone is 1. The molecular formula is C21H21N3O6. The van der Waals surface area contributed by atoms with Gasteiger partial charge in [-0.1, -0.05) is 18.2 Å². The van der Waals surface area contributed by atoms with Crippen LogP contribution in [-0.2, 0) is 34.1 Å². The van der Waals surface area contributed by atoms with Gasteiger partial charge in [0.2, 0.25) is 17.7 Å². The smallest absolute Gasteiger partial charge is 0.341 e. The lowest BCUT2D eigenvalue weighted by molar-refractivity contribution is -0.141. The van der Waals surface area contributed by atoms with Gasteiger partial charge in [-0.3, -0.25) is 14.4 Å². The molecule has 0 bridgehead atoms. The van der Waals surface area contributed by atoms with Crippen LogP contribution in [0.5, 0.6) is 0 Å². The molecule has 0 radical (unpaired) electrons. The van der Waals surface area contributed by atoms with Crippen LogP contribution in [0, 0.1) is 0 Å². The second kappa shape index (κ2) is 7.01. The van der Waals surface area contributed by atoms with Crippen molar-refractivity contribution in [1.82, 2.24) is 0 Å². The number of ketones is 1. The number of Topliss-reactive ketones (excluding diaryl/α,β-unsaturated/α-hetero) is 1. The van der Waals surface area contributed by atoms with Crippen LogP contribution in [-0.4, -0.2) is 36.7 Å². The van der Waals surface area contributed by atoms with Gasteiger partial charge >= 0.3 is 5.97 Å². The van der Waals surface area contributed by atoms with Gasteiger partial charge < -0.3 is 25.8 Å². The summed E-state index contributed by atoms with van der Waals surface area (Å²) in [7, 11) is 0. The van der Waals surface area contributed by atoms with Crippen molar-refractivity contribution in [2.45, 2.75) is 31.6 Å². The van der Waals surface area contributed by atoms with Crippen LogP contribution < -0.4 is 16.4 Å². The van der Waals surface area contributed by atoms with E-state index in [2.05, 4.69) is 0 Å². The van der Waals surface area contributed by atoms with E-state index in [4.69, 9.17) is 20.9 Å². The quantitative estimate of drug-likeness (QED) is 0.688. The van der Waals surface area contributed by atoms with Crippen molar-refractivity contribution in [2.24, 2.45) is 11.5 Å². The zero-order chi connectivity index (χ0) is 21.6. The van der Waals surface area contributed by atoms with Crippen LogP contribution in [0.4, 0.5) is 5.69 Å². The van der Waals surface area contributed by atoms with E-state index in [1.54, 1.807) is 31.2 Å². The first kappa shape index (κ1) is 19.7. The lowest BCUT2D eigenvalue weighted by atomic mass is 9.64. The molecule has 0 aromatic heterocycles. The fourth-order valence-electron chi connectivity index (χ4n) is 4.54. The molecule has 4 N–H and O–H groups in total. The number of fused-ring (bicyclic) bond motifs is 3. The first-order valence-electron chi connectivity index (χ1n) is 9.65. The number of carbonyl (C=O) groups is 4. The maximum Gasteiger partial charge on any atom is 0.341 e. The average molecular weight is 411 g/mol. The van der Waals surface area contributed by atoms with Gasteiger partial charge in [0, 0.05) is 24.1 Å². The van der Waals surface area contributed by atoms with Crippen molar-refractivity contribution < 1.29 is 28.7 Å². The van der Waals surface area contributed by atoms with E-state index in [0.29, 0.717) is 24.1 Å². The largest absolute Gasteiger partial charge is 0.462 e. The molecule has 1 aromatic carbocycles. The average Bonchev–Trinajstić information content (AvgIpc) is 2.91.